The van der Waals surface area contributed by atoms with Gasteiger partial charge < -0.3 is 26.0 Å². The summed E-state index contributed by atoms with van der Waals surface area (Å²) in [4.78, 5) is 18.9. The van der Waals surface area contributed by atoms with Gasteiger partial charge in [-0.15, -0.1) is 0 Å². The standard InChI is InChI=1S/C24H40N6O2/c1-19(2)28-23(31)29-21-9-7-20(8-10-21)17-26-22(25-3)27-18-24(11-5-4-6-12-24)30-13-15-32-16-14-30/h7-10,19H,4-6,11-18H2,1-3H3,(H2,25,26,27)(H2,28,29,31). The van der Waals surface area contributed by atoms with Crippen LogP contribution in [0.2, 0.25) is 0 Å². The third-order valence-electron chi connectivity index (χ3n) is 6.37. The van der Waals surface area contributed by atoms with Crippen LogP contribution in [0.5, 0.6) is 0 Å². The van der Waals surface area contributed by atoms with Crippen molar-refractivity contribution >= 4 is 17.7 Å². The first-order valence-corrected chi connectivity index (χ1v) is 11.9. The molecule has 1 heterocycles. The number of anilines is 1. The Balaban J connectivity index is 1.50. The first-order valence-electron chi connectivity index (χ1n) is 11.9. The molecule has 2 amide bonds. The van der Waals surface area contributed by atoms with E-state index in [0.717, 1.165) is 50.1 Å². The number of amides is 2. The smallest absolute Gasteiger partial charge is 0.319 e. The predicted molar refractivity (Wildman–Crippen MR) is 130 cm³/mol. The van der Waals surface area contributed by atoms with E-state index < -0.39 is 0 Å². The summed E-state index contributed by atoms with van der Waals surface area (Å²) in [7, 11) is 1.82. The van der Waals surface area contributed by atoms with E-state index in [4.69, 9.17) is 4.74 Å². The van der Waals surface area contributed by atoms with Gasteiger partial charge >= 0.3 is 6.03 Å². The maximum atomic E-state index is 11.8. The van der Waals surface area contributed by atoms with E-state index >= 15 is 0 Å². The summed E-state index contributed by atoms with van der Waals surface area (Å²) in [6.45, 7) is 9.14. The Morgan fingerprint density at radius 1 is 1.09 bits per heavy atom. The number of rotatable bonds is 7. The van der Waals surface area contributed by atoms with Crippen LogP contribution in [0.15, 0.2) is 29.3 Å². The summed E-state index contributed by atoms with van der Waals surface area (Å²) in [6, 6.07) is 7.79. The number of ether oxygens (including phenoxy) is 1. The maximum Gasteiger partial charge on any atom is 0.319 e. The summed E-state index contributed by atoms with van der Waals surface area (Å²) < 4.78 is 5.59. The van der Waals surface area contributed by atoms with Crippen molar-refractivity contribution in [3.8, 4) is 0 Å². The molecule has 4 N–H and O–H groups in total. The fourth-order valence-corrected chi connectivity index (χ4v) is 4.64. The van der Waals surface area contributed by atoms with Crippen molar-refractivity contribution in [3.63, 3.8) is 0 Å². The highest BCUT2D eigenvalue weighted by atomic mass is 16.5. The van der Waals surface area contributed by atoms with Crippen molar-refractivity contribution in [1.82, 2.24) is 20.9 Å². The Morgan fingerprint density at radius 2 is 1.78 bits per heavy atom. The summed E-state index contributed by atoms with van der Waals surface area (Å²) in [5.74, 6) is 0.821. The lowest BCUT2D eigenvalue weighted by Gasteiger charge is -2.48. The van der Waals surface area contributed by atoms with Crippen LogP contribution in [-0.4, -0.2) is 68.4 Å². The Hall–Kier alpha value is -2.32. The molecule has 178 valence electrons. The normalized spacial score (nSPS) is 19.4. The van der Waals surface area contributed by atoms with Gasteiger partial charge in [0.2, 0.25) is 0 Å². The molecule has 1 aliphatic carbocycles. The highest BCUT2D eigenvalue weighted by molar-refractivity contribution is 5.89. The van der Waals surface area contributed by atoms with Gasteiger partial charge in [-0.1, -0.05) is 31.4 Å². The quantitative estimate of drug-likeness (QED) is 0.384. The molecule has 3 rings (SSSR count). The van der Waals surface area contributed by atoms with E-state index in [-0.39, 0.29) is 17.6 Å². The Bertz CT molecular complexity index is 737. The van der Waals surface area contributed by atoms with E-state index in [0.29, 0.717) is 6.54 Å². The van der Waals surface area contributed by atoms with Crippen molar-refractivity contribution < 1.29 is 9.53 Å². The third-order valence-corrected chi connectivity index (χ3v) is 6.37. The second kappa shape index (κ2) is 12.1. The molecule has 0 aromatic heterocycles. The van der Waals surface area contributed by atoms with Gasteiger partial charge in [-0.05, 0) is 44.4 Å². The van der Waals surface area contributed by atoms with E-state index in [1.807, 2.05) is 45.2 Å². The van der Waals surface area contributed by atoms with Gasteiger partial charge in [0.25, 0.3) is 0 Å². The van der Waals surface area contributed by atoms with E-state index in [2.05, 4.69) is 31.2 Å². The topological polar surface area (TPSA) is 90.0 Å². The number of hydrogen-bond acceptors (Lipinski definition) is 4. The lowest BCUT2D eigenvalue weighted by molar-refractivity contribution is -0.0352. The number of carbonyl (C=O) groups excluding carboxylic acids is 1. The molecule has 2 aliphatic rings. The first kappa shape index (κ1) is 24.3. The highest BCUT2D eigenvalue weighted by Crippen LogP contribution is 2.33. The molecule has 0 unspecified atom stereocenters. The summed E-state index contributed by atoms with van der Waals surface area (Å²) in [5, 5.41) is 12.7. The molecule has 8 nitrogen and oxygen atoms in total. The van der Waals surface area contributed by atoms with E-state index in [1.54, 1.807) is 0 Å². The number of nitrogens with zero attached hydrogens (tertiary/aromatic N) is 2. The van der Waals surface area contributed by atoms with Gasteiger partial charge in [-0.2, -0.15) is 0 Å². The molecular weight excluding hydrogens is 404 g/mol. The molecule has 8 heteroatoms. The predicted octanol–water partition coefficient (Wildman–Crippen LogP) is 2.92. The number of urea groups is 1. The lowest BCUT2D eigenvalue weighted by atomic mass is 9.80. The van der Waals surface area contributed by atoms with Crippen molar-refractivity contribution in [3.05, 3.63) is 29.8 Å². The zero-order valence-electron chi connectivity index (χ0n) is 19.9. The Morgan fingerprint density at radius 3 is 2.41 bits per heavy atom. The van der Waals surface area contributed by atoms with E-state index in [1.165, 1.54) is 32.1 Å². The molecule has 1 aromatic rings. The lowest BCUT2D eigenvalue weighted by Crippen LogP contribution is -2.60. The minimum absolute atomic E-state index is 0.105. The molecule has 0 spiro atoms. The zero-order chi connectivity index (χ0) is 22.8. The van der Waals surface area contributed by atoms with Crippen LogP contribution in [0.4, 0.5) is 10.5 Å². The van der Waals surface area contributed by atoms with Crippen molar-refractivity contribution in [2.24, 2.45) is 4.99 Å². The van der Waals surface area contributed by atoms with Gasteiger partial charge in [-0.3, -0.25) is 9.89 Å². The second-order valence-electron chi connectivity index (χ2n) is 9.11. The second-order valence-corrected chi connectivity index (χ2v) is 9.11. The molecule has 32 heavy (non-hydrogen) atoms. The number of morpholine rings is 1. The van der Waals surface area contributed by atoms with Crippen LogP contribution in [0, 0.1) is 0 Å². The molecule has 0 atom stereocenters. The Labute approximate surface area is 192 Å². The number of hydrogen-bond donors (Lipinski definition) is 4. The SMILES string of the molecule is CN=C(NCc1ccc(NC(=O)NC(C)C)cc1)NCC1(N2CCOCC2)CCCCC1. The summed E-state index contributed by atoms with van der Waals surface area (Å²) in [6.07, 6.45) is 6.38. The van der Waals surface area contributed by atoms with Crippen molar-refractivity contribution in [2.45, 2.75) is 64.1 Å². The van der Waals surface area contributed by atoms with Crippen LogP contribution in [0.3, 0.4) is 0 Å². The van der Waals surface area contributed by atoms with Gasteiger partial charge in [-0.25, -0.2) is 4.79 Å². The average molecular weight is 445 g/mol. The largest absolute Gasteiger partial charge is 0.379 e. The highest BCUT2D eigenvalue weighted by Gasteiger charge is 2.38. The average Bonchev–Trinajstić information content (AvgIpc) is 2.81. The zero-order valence-corrected chi connectivity index (χ0v) is 19.9. The fraction of sp³-hybridized carbons (Fsp3) is 0.667. The molecule has 1 saturated heterocycles. The summed E-state index contributed by atoms with van der Waals surface area (Å²) >= 11 is 0. The van der Waals surface area contributed by atoms with Gasteiger partial charge in [0.1, 0.15) is 0 Å². The number of benzene rings is 1. The van der Waals surface area contributed by atoms with Crippen molar-refractivity contribution in [2.75, 3.05) is 45.2 Å². The minimum Gasteiger partial charge on any atom is -0.379 e. The van der Waals surface area contributed by atoms with Gasteiger partial charge in [0.05, 0.1) is 13.2 Å². The monoisotopic (exact) mass is 444 g/mol. The molecule has 1 aliphatic heterocycles. The number of carbonyl (C=O) groups is 1. The first-order chi connectivity index (χ1) is 15.5. The molecule has 1 saturated carbocycles. The van der Waals surface area contributed by atoms with Gasteiger partial charge in [0, 0.05) is 50.5 Å². The van der Waals surface area contributed by atoms with Crippen molar-refractivity contribution in [1.29, 1.82) is 0 Å². The third kappa shape index (κ3) is 7.10. The minimum atomic E-state index is -0.188. The summed E-state index contributed by atoms with van der Waals surface area (Å²) in [5.41, 5.74) is 2.10. The molecular formula is C24H40N6O2. The van der Waals surface area contributed by atoms with Crippen LogP contribution in [-0.2, 0) is 11.3 Å². The van der Waals surface area contributed by atoms with Gasteiger partial charge in [0.15, 0.2) is 5.96 Å². The molecule has 1 aromatic carbocycles. The van der Waals surface area contributed by atoms with E-state index in [9.17, 15) is 4.79 Å². The van der Waals surface area contributed by atoms with Crippen LogP contribution in [0.25, 0.3) is 0 Å². The molecule has 0 bridgehead atoms. The Kier molecular flexibility index (Phi) is 9.17. The fourth-order valence-electron chi connectivity index (χ4n) is 4.64. The number of nitrogens with one attached hydrogen (secondary N) is 4. The van der Waals surface area contributed by atoms with Crippen LogP contribution >= 0.6 is 0 Å². The van der Waals surface area contributed by atoms with Crippen LogP contribution < -0.4 is 21.3 Å². The molecule has 0 radical (unpaired) electrons. The maximum absolute atomic E-state index is 11.8. The van der Waals surface area contributed by atoms with Crippen LogP contribution in [0.1, 0.15) is 51.5 Å². The molecule has 2 fully saturated rings. The number of guanidine groups is 1. The number of aliphatic imine (C=N–C) groups is 1.